The second-order valence-electron chi connectivity index (χ2n) is 7.77. The monoisotopic (exact) mass is 518 g/mol. The first-order valence-electron chi connectivity index (χ1n) is 10.1. The molecule has 0 saturated carbocycles. The highest BCUT2D eigenvalue weighted by Crippen LogP contribution is 2.40. The Labute approximate surface area is 197 Å². The van der Waals surface area contributed by atoms with Crippen molar-refractivity contribution in [3.8, 4) is 17.0 Å². The number of anilines is 1. The first-order valence-corrected chi connectivity index (χ1v) is 10.1. The van der Waals surface area contributed by atoms with Gasteiger partial charge in [-0.25, -0.2) is 8.78 Å². The van der Waals surface area contributed by atoms with Crippen LogP contribution < -0.4 is 9.64 Å². The molecule has 2 heterocycles. The van der Waals surface area contributed by atoms with Crippen molar-refractivity contribution in [1.82, 2.24) is 4.98 Å². The number of aromatic nitrogens is 1. The van der Waals surface area contributed by atoms with Gasteiger partial charge in [-0.05, 0) is 30.3 Å². The highest BCUT2D eigenvalue weighted by Gasteiger charge is 2.41. The van der Waals surface area contributed by atoms with Crippen LogP contribution in [0.3, 0.4) is 0 Å². The molecule has 1 amide bonds. The molecule has 0 spiro atoms. The molecule has 190 valence electrons. The summed E-state index contributed by atoms with van der Waals surface area (Å²) >= 11 is 0. The van der Waals surface area contributed by atoms with E-state index in [4.69, 9.17) is 4.74 Å². The van der Waals surface area contributed by atoms with Crippen LogP contribution in [-0.4, -0.2) is 35.0 Å². The summed E-state index contributed by atoms with van der Waals surface area (Å²) in [6, 6.07) is 6.49. The number of carbonyl (C=O) groups excluding carboxylic acids is 1. The van der Waals surface area contributed by atoms with Gasteiger partial charge in [0.1, 0.15) is 17.4 Å². The highest BCUT2D eigenvalue weighted by molar-refractivity contribution is 6.11. The van der Waals surface area contributed by atoms with Crippen LogP contribution in [-0.2, 0) is 6.54 Å². The van der Waals surface area contributed by atoms with Crippen molar-refractivity contribution in [2.24, 2.45) is 0 Å². The molecule has 36 heavy (non-hydrogen) atoms. The molecule has 1 unspecified atom stereocenters. The van der Waals surface area contributed by atoms with E-state index in [0.29, 0.717) is 12.1 Å². The Hall–Kier alpha value is -3.74. The van der Waals surface area contributed by atoms with Gasteiger partial charge in [-0.15, -0.1) is 0 Å². The summed E-state index contributed by atoms with van der Waals surface area (Å²) in [5.74, 6) is -3.44. The number of hydrogen-bond donors (Lipinski definition) is 1. The predicted molar refractivity (Wildman–Crippen MR) is 109 cm³/mol. The second kappa shape index (κ2) is 9.04. The van der Waals surface area contributed by atoms with E-state index in [1.165, 1.54) is 12.3 Å². The van der Waals surface area contributed by atoms with Crippen LogP contribution in [0.1, 0.15) is 27.6 Å². The topological polar surface area (TPSA) is 62.7 Å². The largest absolute Gasteiger partial charge is 0.483 e. The number of benzene rings is 2. The highest BCUT2D eigenvalue weighted by atomic mass is 19.4. The first kappa shape index (κ1) is 25.4. The van der Waals surface area contributed by atoms with Gasteiger partial charge in [0.2, 0.25) is 0 Å². The molecule has 13 heteroatoms. The quantitative estimate of drug-likeness (QED) is 0.439. The van der Waals surface area contributed by atoms with Crippen molar-refractivity contribution < 1.29 is 49.8 Å². The van der Waals surface area contributed by atoms with Crippen LogP contribution in [0.25, 0.3) is 11.3 Å². The number of halogens is 8. The van der Waals surface area contributed by atoms with Crippen LogP contribution in [0.4, 0.5) is 40.8 Å². The summed E-state index contributed by atoms with van der Waals surface area (Å²) < 4.78 is 109. The van der Waals surface area contributed by atoms with Gasteiger partial charge in [0.25, 0.3) is 5.91 Å². The molecular formula is C23H14F8N2O3. The van der Waals surface area contributed by atoms with Gasteiger partial charge in [-0.1, -0.05) is 6.07 Å². The average molecular weight is 518 g/mol. The maximum atomic E-state index is 14.4. The minimum Gasteiger partial charge on any atom is -0.483 e. The van der Waals surface area contributed by atoms with E-state index in [-0.39, 0.29) is 34.6 Å². The number of pyridine rings is 1. The Bertz CT molecular complexity index is 1320. The van der Waals surface area contributed by atoms with E-state index in [2.05, 4.69) is 4.98 Å². The molecule has 4 rings (SSSR count). The Balaban J connectivity index is 1.70. The van der Waals surface area contributed by atoms with Gasteiger partial charge in [-0.3, -0.25) is 9.78 Å². The van der Waals surface area contributed by atoms with Crippen molar-refractivity contribution in [3.05, 3.63) is 77.0 Å². The molecule has 2 aromatic carbocycles. The van der Waals surface area contributed by atoms with E-state index in [1.54, 1.807) is 0 Å². The molecule has 0 saturated heterocycles. The molecule has 0 aliphatic carbocycles. The van der Waals surface area contributed by atoms with Crippen molar-refractivity contribution in [2.75, 3.05) is 11.5 Å². The summed E-state index contributed by atoms with van der Waals surface area (Å²) in [5.41, 5.74) is -0.954. The van der Waals surface area contributed by atoms with Crippen LogP contribution >= 0.6 is 0 Å². The maximum absolute atomic E-state index is 14.4. The number of alkyl halides is 6. The van der Waals surface area contributed by atoms with E-state index >= 15 is 0 Å². The van der Waals surface area contributed by atoms with Crippen molar-refractivity contribution in [2.45, 2.75) is 25.0 Å². The molecule has 1 aliphatic heterocycles. The van der Waals surface area contributed by atoms with Gasteiger partial charge in [0, 0.05) is 40.2 Å². The smallest absolute Gasteiger partial charge is 0.422 e. The van der Waals surface area contributed by atoms with E-state index in [1.807, 2.05) is 0 Å². The molecule has 0 radical (unpaired) electrons. The molecule has 0 bridgehead atoms. The summed E-state index contributed by atoms with van der Waals surface area (Å²) in [4.78, 5) is 18.1. The van der Waals surface area contributed by atoms with Crippen molar-refractivity contribution in [3.63, 3.8) is 0 Å². The maximum Gasteiger partial charge on any atom is 0.422 e. The Morgan fingerprint density at radius 2 is 1.72 bits per heavy atom. The molecule has 3 aromatic rings. The average Bonchev–Trinajstić information content (AvgIpc) is 3.13. The Kier molecular flexibility index (Phi) is 6.37. The number of carbonyl (C=O) groups is 1. The fourth-order valence-corrected chi connectivity index (χ4v) is 3.72. The van der Waals surface area contributed by atoms with E-state index < -0.39 is 53.9 Å². The summed E-state index contributed by atoms with van der Waals surface area (Å²) in [5, 5.41) is 9.33. The third-order valence-corrected chi connectivity index (χ3v) is 5.34. The van der Waals surface area contributed by atoms with Gasteiger partial charge in [0.15, 0.2) is 12.7 Å². The van der Waals surface area contributed by atoms with Crippen molar-refractivity contribution >= 4 is 11.6 Å². The zero-order chi connectivity index (χ0) is 26.4. The number of aliphatic hydroxyl groups is 1. The predicted octanol–water partition coefficient (Wildman–Crippen LogP) is 5.72. The number of ether oxygens (including phenoxy) is 1. The van der Waals surface area contributed by atoms with Crippen LogP contribution in [0.5, 0.6) is 5.75 Å². The molecule has 1 atom stereocenters. The molecular weight excluding hydrogens is 504 g/mol. The van der Waals surface area contributed by atoms with Crippen LogP contribution in [0, 0.1) is 11.6 Å². The lowest BCUT2D eigenvalue weighted by atomic mass is 10.0. The number of rotatable bonds is 5. The number of amides is 1. The second-order valence-corrected chi connectivity index (χ2v) is 7.77. The molecule has 1 N–H and O–H groups in total. The zero-order valence-electron chi connectivity index (χ0n) is 17.8. The van der Waals surface area contributed by atoms with E-state index in [0.717, 1.165) is 29.2 Å². The number of fused-ring (bicyclic) bond motifs is 1. The number of nitrogens with zero attached hydrogens (tertiary/aromatic N) is 2. The third kappa shape index (κ3) is 4.96. The molecule has 0 fully saturated rings. The van der Waals surface area contributed by atoms with E-state index in [9.17, 15) is 45.0 Å². The minimum atomic E-state index is -5.11. The zero-order valence-corrected chi connectivity index (χ0v) is 17.8. The van der Waals surface area contributed by atoms with Crippen LogP contribution in [0.2, 0.25) is 0 Å². The number of aliphatic hydroxyl groups excluding tert-OH is 1. The molecule has 5 nitrogen and oxygen atoms in total. The fourth-order valence-electron chi connectivity index (χ4n) is 3.72. The standard InChI is InChI=1S/C23H14F8N2O3/c24-11-1-3-15(18(7-11)36-10-22(26,27)28)19-16-9-33(21(35)13(16)5-6-32-19)12-2-4-14(17(25)8-12)20(34)23(29,30)31/h1-8,20,34H,9-10H2. The normalized spacial score (nSPS) is 14.7. The lowest BCUT2D eigenvalue weighted by Gasteiger charge is -2.19. The third-order valence-electron chi connectivity index (χ3n) is 5.34. The SMILES string of the molecule is O=C1c2ccnc(-c3ccc(F)cc3OCC(F)(F)F)c2CN1c1ccc(C(O)C(F)(F)F)c(F)c1. The first-order chi connectivity index (χ1) is 16.8. The van der Waals surface area contributed by atoms with Gasteiger partial charge in [-0.2, -0.15) is 26.3 Å². The van der Waals surface area contributed by atoms with Crippen LogP contribution in [0.15, 0.2) is 48.7 Å². The van der Waals surface area contributed by atoms with Gasteiger partial charge >= 0.3 is 12.4 Å². The molecule has 1 aromatic heterocycles. The fraction of sp³-hybridized carbons (Fsp3) is 0.217. The number of hydrogen-bond acceptors (Lipinski definition) is 4. The van der Waals surface area contributed by atoms with Gasteiger partial charge < -0.3 is 14.7 Å². The van der Waals surface area contributed by atoms with Crippen molar-refractivity contribution in [1.29, 1.82) is 0 Å². The Morgan fingerprint density at radius 3 is 2.36 bits per heavy atom. The lowest BCUT2D eigenvalue weighted by molar-refractivity contribution is -0.207. The molecule has 1 aliphatic rings. The lowest BCUT2D eigenvalue weighted by Crippen LogP contribution is -2.24. The summed E-state index contributed by atoms with van der Waals surface area (Å²) in [7, 11) is 0. The van der Waals surface area contributed by atoms with Gasteiger partial charge in [0.05, 0.1) is 12.2 Å². The summed E-state index contributed by atoms with van der Waals surface area (Å²) in [6.07, 6.45) is -11.7. The Morgan fingerprint density at radius 1 is 1.00 bits per heavy atom. The minimum absolute atomic E-state index is 0.00473. The summed E-state index contributed by atoms with van der Waals surface area (Å²) in [6.45, 7) is -1.98.